The van der Waals surface area contributed by atoms with Gasteiger partial charge in [0.15, 0.2) is 5.78 Å². The van der Waals surface area contributed by atoms with Crippen LogP contribution in [0.25, 0.3) is 16.5 Å². The number of rotatable bonds is 6. The number of benzene rings is 1. The Kier molecular flexibility index (Phi) is 8.14. The second-order valence-electron chi connectivity index (χ2n) is 19.7. The van der Waals surface area contributed by atoms with Crippen LogP contribution in [0.5, 0.6) is 0 Å². The van der Waals surface area contributed by atoms with E-state index in [1.165, 1.54) is 11.3 Å². The third-order valence-corrected chi connectivity index (χ3v) is 15.3. The van der Waals surface area contributed by atoms with Crippen molar-refractivity contribution < 1.29 is 24.5 Å². The zero-order valence-corrected chi connectivity index (χ0v) is 34.1. The van der Waals surface area contributed by atoms with Gasteiger partial charge in [-0.15, -0.1) is 0 Å². The zero-order valence-electron chi connectivity index (χ0n) is 34.1. The van der Waals surface area contributed by atoms with Crippen LogP contribution >= 0.6 is 0 Å². The van der Waals surface area contributed by atoms with Crippen molar-refractivity contribution in [2.45, 2.75) is 136 Å². The Morgan fingerprint density at radius 2 is 1.76 bits per heavy atom. The minimum absolute atomic E-state index is 0.0317. The third kappa shape index (κ3) is 4.76. The Balaban J connectivity index is 1.28. The van der Waals surface area contributed by atoms with Crippen LogP contribution in [0.2, 0.25) is 0 Å². The summed E-state index contributed by atoms with van der Waals surface area (Å²) in [6, 6.07) is 1.77. The molecule has 0 bridgehead atoms. The van der Waals surface area contributed by atoms with E-state index in [0.29, 0.717) is 30.0 Å². The number of aromatic nitrogens is 1. The number of Topliss-reactive ketones (excluding diaryl/α,β-unsaturated/α-hetero) is 1. The molecule has 8 rings (SSSR count). The average molecular weight is 733 g/mol. The summed E-state index contributed by atoms with van der Waals surface area (Å²) in [6.07, 6.45) is 11.3. The number of nitrogens with one attached hydrogen (secondary N) is 1. The molecule has 0 unspecified atom stereocenters. The van der Waals surface area contributed by atoms with Gasteiger partial charge in [0.2, 0.25) is 5.91 Å². The van der Waals surface area contributed by atoms with E-state index in [-0.39, 0.29) is 34.4 Å². The van der Waals surface area contributed by atoms with Crippen molar-refractivity contribution in [2.75, 3.05) is 6.54 Å². The van der Waals surface area contributed by atoms with Gasteiger partial charge in [-0.3, -0.25) is 9.59 Å². The molecule has 288 valence electrons. The van der Waals surface area contributed by atoms with E-state index in [1.807, 2.05) is 32.9 Å². The van der Waals surface area contributed by atoms with E-state index in [1.54, 1.807) is 0 Å². The first-order valence-electron chi connectivity index (χ1n) is 20.1. The monoisotopic (exact) mass is 732 g/mol. The van der Waals surface area contributed by atoms with Gasteiger partial charge in [0.25, 0.3) is 0 Å². The Labute approximate surface area is 321 Å². The fourth-order valence-corrected chi connectivity index (χ4v) is 13.0. The lowest BCUT2D eigenvalue weighted by Gasteiger charge is -2.64. The van der Waals surface area contributed by atoms with Crippen LogP contribution in [-0.4, -0.2) is 50.3 Å². The average Bonchev–Trinajstić information content (AvgIpc) is 3.74. The van der Waals surface area contributed by atoms with E-state index in [4.69, 9.17) is 4.74 Å². The first-order chi connectivity index (χ1) is 25.1. The highest BCUT2D eigenvalue weighted by Gasteiger charge is 2.67. The van der Waals surface area contributed by atoms with Crippen molar-refractivity contribution in [3.8, 4) is 0 Å². The van der Waals surface area contributed by atoms with Gasteiger partial charge in [0, 0.05) is 45.5 Å². The van der Waals surface area contributed by atoms with Gasteiger partial charge in [0.1, 0.15) is 6.04 Å². The summed E-state index contributed by atoms with van der Waals surface area (Å²) < 4.78 is 8.90. The molecular formula is C47H60N2O5. The number of aliphatic hydroxyl groups excluding tert-OH is 2. The molecule has 6 aliphatic rings. The Morgan fingerprint density at radius 1 is 1.06 bits per heavy atom. The Hall–Kier alpha value is -3.52. The fourth-order valence-electron chi connectivity index (χ4n) is 13.0. The van der Waals surface area contributed by atoms with E-state index in [0.717, 1.165) is 64.4 Å². The van der Waals surface area contributed by atoms with Crippen LogP contribution in [0.15, 0.2) is 60.2 Å². The molecule has 2 saturated carbocycles. The highest BCUT2D eigenvalue weighted by molar-refractivity contribution is 6.18. The predicted molar refractivity (Wildman–Crippen MR) is 215 cm³/mol. The number of carbonyl (C=O) groups excluding carboxylic acids is 2. The van der Waals surface area contributed by atoms with Crippen molar-refractivity contribution in [1.29, 1.82) is 0 Å². The molecule has 7 nitrogen and oxygen atoms in total. The largest absolute Gasteiger partial charge is 0.392 e. The molecule has 2 aliphatic heterocycles. The Morgan fingerprint density at radius 3 is 2.43 bits per heavy atom. The molecule has 1 aromatic carbocycles. The molecule has 3 heterocycles. The normalized spacial score (nSPS) is 37.1. The lowest BCUT2D eigenvalue weighted by Crippen LogP contribution is -2.62. The van der Waals surface area contributed by atoms with Crippen LogP contribution in [-0.2, 0) is 21.4 Å². The second kappa shape index (κ2) is 11.8. The number of amides is 1. The van der Waals surface area contributed by atoms with E-state index < -0.39 is 34.9 Å². The van der Waals surface area contributed by atoms with Gasteiger partial charge in [-0.05, 0) is 127 Å². The number of carbonyl (C=O) groups is 2. The number of aliphatic hydroxyl groups is 2. The number of hydrogen-bond donors (Lipinski definition) is 3. The third-order valence-electron chi connectivity index (χ3n) is 15.3. The number of ketones is 1. The molecule has 0 saturated heterocycles. The van der Waals surface area contributed by atoms with Crippen molar-refractivity contribution in [2.24, 2.45) is 28.6 Å². The molecular weight excluding hydrogens is 673 g/mol. The first-order valence-corrected chi connectivity index (χ1v) is 20.1. The summed E-state index contributed by atoms with van der Waals surface area (Å²) >= 11 is 0. The molecule has 0 radical (unpaired) electrons. The van der Waals surface area contributed by atoms with E-state index >= 15 is 0 Å². The first kappa shape index (κ1) is 37.4. The molecule has 1 amide bonds. The molecule has 2 fully saturated rings. The summed E-state index contributed by atoms with van der Waals surface area (Å²) in [5.74, 6) is 0.186. The maximum Gasteiger partial charge on any atom is 0.247 e. The molecule has 1 aromatic heterocycles. The van der Waals surface area contributed by atoms with Crippen LogP contribution in [0.1, 0.15) is 140 Å². The topological polar surface area (TPSA) is 101 Å². The summed E-state index contributed by atoms with van der Waals surface area (Å²) in [7, 11) is 0. The summed E-state index contributed by atoms with van der Waals surface area (Å²) in [6.45, 7) is 29.8. The van der Waals surface area contributed by atoms with Crippen molar-refractivity contribution >= 4 is 28.2 Å². The number of ether oxygens (including phenoxy) is 1. The summed E-state index contributed by atoms with van der Waals surface area (Å²) in [4.78, 5) is 27.6. The fraction of sp³-hybridized carbons (Fsp3) is 0.574. The van der Waals surface area contributed by atoms with Gasteiger partial charge in [0.05, 0.1) is 34.5 Å². The van der Waals surface area contributed by atoms with Crippen molar-refractivity contribution in [3.05, 3.63) is 88.2 Å². The zero-order chi connectivity index (χ0) is 39.2. The molecule has 2 aromatic rings. The summed E-state index contributed by atoms with van der Waals surface area (Å²) in [5, 5.41) is 28.1. The van der Waals surface area contributed by atoms with Crippen molar-refractivity contribution in [1.82, 2.24) is 9.88 Å². The SMILES string of the molecule is C=C(C)CNC(=O)/C(C)=C/C=C/[C@]1(C)[C@@H](O)CC[C@@]2(C)[C@H]1CC[C@H]1Cc3c(n4c5c(c6c(cc35)C3=CC(C)(C)OC(C)(C)[C@H]3[C@@H]6O)C(=O)[C@@H]4C(=C)C)[C@@]12C. The maximum atomic E-state index is 14.9. The highest BCUT2D eigenvalue weighted by Crippen LogP contribution is 2.71. The van der Waals surface area contributed by atoms with Gasteiger partial charge in [-0.2, -0.15) is 0 Å². The number of nitrogens with zero attached hydrogens (tertiary/aromatic N) is 1. The van der Waals surface area contributed by atoms with Crippen LogP contribution in [0, 0.1) is 28.6 Å². The van der Waals surface area contributed by atoms with E-state index in [2.05, 4.69) is 89.7 Å². The van der Waals surface area contributed by atoms with Gasteiger partial charge in [-0.1, -0.05) is 63.3 Å². The minimum atomic E-state index is -0.857. The summed E-state index contributed by atoms with van der Waals surface area (Å²) in [5.41, 5.74) is 7.25. The van der Waals surface area contributed by atoms with Crippen molar-refractivity contribution in [3.63, 3.8) is 0 Å². The van der Waals surface area contributed by atoms with Crippen LogP contribution < -0.4 is 5.32 Å². The quantitative estimate of drug-likeness (QED) is 0.157. The minimum Gasteiger partial charge on any atom is -0.392 e. The maximum absolute atomic E-state index is 14.9. The standard InChI is InChI=1S/C47H60N2O5/c1-24(2)23-48-42(53)26(5)14-13-18-45(10)32-16-15-27-20-30-29-21-28-31-22-43(6,7)54-44(8,9)36(31)39(51)34(28)35-38(29)49(37(25(3)4)40(35)52)41(30)47(27,12)46(32,11)19-17-33(45)50/h13-14,18,21-22,27,32-33,36-37,39,50-51H,1,3,15-17,19-20,23H2,2,4-12H3,(H,48,53)/b18-13+,26-14+/t27-,32-,33-,36+,37-,39+,45-,46-,47+/m0/s1. The van der Waals surface area contributed by atoms with Crippen LogP contribution in [0.4, 0.5) is 0 Å². The molecule has 54 heavy (non-hydrogen) atoms. The molecule has 9 atom stereocenters. The number of allylic oxidation sites excluding steroid dienone is 3. The van der Waals surface area contributed by atoms with E-state index in [9.17, 15) is 19.8 Å². The molecule has 0 spiro atoms. The predicted octanol–water partition coefficient (Wildman–Crippen LogP) is 8.79. The molecule has 3 N–H and O–H groups in total. The lowest BCUT2D eigenvalue weighted by atomic mass is 9.40. The second-order valence-corrected chi connectivity index (χ2v) is 19.7. The molecule has 4 aliphatic carbocycles. The lowest BCUT2D eigenvalue weighted by molar-refractivity contribution is -0.144. The number of hydrogen-bond acceptors (Lipinski definition) is 5. The van der Waals surface area contributed by atoms with Gasteiger partial charge in [-0.25, -0.2) is 0 Å². The van der Waals surface area contributed by atoms with Gasteiger partial charge < -0.3 is 24.8 Å². The number of fused-ring (bicyclic) bond motifs is 11. The van der Waals surface area contributed by atoms with Gasteiger partial charge >= 0.3 is 0 Å². The molecule has 7 heteroatoms. The Bertz CT molecular complexity index is 2160. The smallest absolute Gasteiger partial charge is 0.247 e. The van der Waals surface area contributed by atoms with Crippen LogP contribution in [0.3, 0.4) is 0 Å². The highest BCUT2D eigenvalue weighted by atomic mass is 16.5.